The van der Waals surface area contributed by atoms with Gasteiger partial charge in [-0.2, -0.15) is 0 Å². The highest BCUT2D eigenvalue weighted by molar-refractivity contribution is 8.03. The molecule has 1 aliphatic carbocycles. The molecule has 19 heavy (non-hydrogen) atoms. The molecule has 3 rings (SSSR count). The maximum Gasteiger partial charge on any atom is 0.335 e. The minimum Gasteiger partial charge on any atom is -0.478 e. The highest BCUT2D eigenvalue weighted by Crippen LogP contribution is 2.42. The number of carbonyl (C=O) groups is 2. The molecule has 0 radical (unpaired) electrons. The second-order valence-corrected chi connectivity index (χ2v) is 5.85. The van der Waals surface area contributed by atoms with Crippen LogP contribution in [0.4, 0.5) is 0 Å². The van der Waals surface area contributed by atoms with Crippen molar-refractivity contribution in [3.8, 4) is 0 Å². The summed E-state index contributed by atoms with van der Waals surface area (Å²) in [5, 5.41) is 9.01. The van der Waals surface area contributed by atoms with Crippen LogP contribution in [0.2, 0.25) is 0 Å². The zero-order valence-electron chi connectivity index (χ0n) is 10.3. The van der Waals surface area contributed by atoms with E-state index in [2.05, 4.69) is 0 Å². The van der Waals surface area contributed by atoms with E-state index in [4.69, 9.17) is 5.11 Å². The van der Waals surface area contributed by atoms with Crippen molar-refractivity contribution in [1.29, 1.82) is 0 Å². The monoisotopic (exact) mass is 272 g/mol. The molecule has 1 heterocycles. The van der Waals surface area contributed by atoms with Gasteiger partial charge in [-0.25, -0.2) is 4.79 Å². The first-order valence-electron chi connectivity index (χ1n) is 6.06. The number of rotatable bonds is 1. The van der Waals surface area contributed by atoms with Crippen LogP contribution in [-0.2, 0) is 11.2 Å². The van der Waals surface area contributed by atoms with Crippen LogP contribution in [0, 0.1) is 5.92 Å². The number of allylic oxidation sites excluding steroid dienone is 3. The highest BCUT2D eigenvalue weighted by Gasteiger charge is 2.28. The number of hydrogen-bond acceptors (Lipinski definition) is 3. The van der Waals surface area contributed by atoms with Gasteiger partial charge in [-0.1, -0.05) is 36.9 Å². The Hall–Kier alpha value is -1.81. The molecule has 0 bridgehead atoms. The van der Waals surface area contributed by atoms with Crippen LogP contribution in [0.3, 0.4) is 0 Å². The Morgan fingerprint density at radius 1 is 1.42 bits per heavy atom. The molecule has 1 atom stereocenters. The van der Waals surface area contributed by atoms with Crippen LogP contribution in [0.15, 0.2) is 45.7 Å². The third kappa shape index (κ3) is 2.02. The van der Waals surface area contributed by atoms with Gasteiger partial charge in [0.05, 0.1) is 5.56 Å². The molecule has 2 aliphatic rings. The molecular weight excluding hydrogens is 260 g/mol. The zero-order valence-corrected chi connectivity index (χ0v) is 11.2. The number of Topliss-reactive ketones (excluding diaryl/α,β-unsaturated/α-hetero) is 1. The first-order valence-corrected chi connectivity index (χ1v) is 6.87. The minimum absolute atomic E-state index is 0.0563. The Morgan fingerprint density at radius 2 is 2.21 bits per heavy atom. The van der Waals surface area contributed by atoms with Gasteiger partial charge in [-0.3, -0.25) is 4.79 Å². The van der Waals surface area contributed by atoms with Crippen molar-refractivity contribution in [3.05, 3.63) is 52.0 Å². The van der Waals surface area contributed by atoms with Crippen molar-refractivity contribution in [3.63, 3.8) is 0 Å². The number of fused-ring (bicyclic) bond motifs is 1. The molecule has 0 amide bonds. The molecule has 0 aromatic heterocycles. The third-order valence-electron chi connectivity index (χ3n) is 3.45. The molecule has 96 valence electrons. The van der Waals surface area contributed by atoms with Gasteiger partial charge in [-0.15, -0.1) is 0 Å². The van der Waals surface area contributed by atoms with E-state index < -0.39 is 5.97 Å². The Kier molecular flexibility index (Phi) is 2.82. The van der Waals surface area contributed by atoms with Crippen molar-refractivity contribution >= 4 is 23.5 Å². The summed E-state index contributed by atoms with van der Waals surface area (Å²) in [4.78, 5) is 25.0. The summed E-state index contributed by atoms with van der Waals surface area (Å²) in [6.45, 7) is 1.90. The number of carbonyl (C=O) groups excluding carboxylic acids is 1. The molecule has 0 saturated carbocycles. The fourth-order valence-corrected chi connectivity index (χ4v) is 3.46. The van der Waals surface area contributed by atoms with E-state index in [1.807, 2.05) is 25.1 Å². The first kappa shape index (κ1) is 12.2. The van der Waals surface area contributed by atoms with Crippen LogP contribution in [0.5, 0.6) is 0 Å². The number of aromatic carboxylic acids is 1. The van der Waals surface area contributed by atoms with Crippen molar-refractivity contribution in [2.24, 2.45) is 5.92 Å². The lowest BCUT2D eigenvalue weighted by molar-refractivity contribution is -0.117. The predicted molar refractivity (Wildman–Crippen MR) is 73.3 cm³/mol. The van der Waals surface area contributed by atoms with Crippen molar-refractivity contribution in [2.45, 2.75) is 18.2 Å². The van der Waals surface area contributed by atoms with Crippen molar-refractivity contribution < 1.29 is 14.7 Å². The molecule has 1 aromatic rings. The van der Waals surface area contributed by atoms with Gasteiger partial charge >= 0.3 is 5.97 Å². The topological polar surface area (TPSA) is 54.4 Å². The average Bonchev–Trinajstić information content (AvgIpc) is 2.41. The number of thioether (sulfide) groups is 1. The number of carboxylic acid groups (broad SMARTS) is 1. The van der Waals surface area contributed by atoms with Crippen LogP contribution < -0.4 is 0 Å². The van der Waals surface area contributed by atoms with Gasteiger partial charge in [0.25, 0.3) is 0 Å². The van der Waals surface area contributed by atoms with Crippen LogP contribution >= 0.6 is 11.8 Å². The summed E-state index contributed by atoms with van der Waals surface area (Å²) in [5.41, 5.74) is 2.18. The number of hydrogen-bond donors (Lipinski definition) is 1. The number of carboxylic acids is 1. The van der Waals surface area contributed by atoms with Crippen molar-refractivity contribution in [1.82, 2.24) is 0 Å². The smallest absolute Gasteiger partial charge is 0.335 e. The van der Waals surface area contributed by atoms with Gasteiger partial charge in [0.15, 0.2) is 5.78 Å². The predicted octanol–water partition coefficient (Wildman–Crippen LogP) is 3.06. The Labute approximate surface area is 115 Å². The van der Waals surface area contributed by atoms with Gasteiger partial charge in [0.1, 0.15) is 0 Å². The lowest BCUT2D eigenvalue weighted by atomic mass is 9.89. The van der Waals surface area contributed by atoms with E-state index in [0.717, 1.165) is 20.9 Å². The Morgan fingerprint density at radius 3 is 2.95 bits per heavy atom. The maximum absolute atomic E-state index is 12.1. The normalized spacial score (nSPS) is 21.1. The quantitative estimate of drug-likeness (QED) is 0.853. The fraction of sp³-hybridized carbons (Fsp3) is 0.200. The summed E-state index contributed by atoms with van der Waals surface area (Å²) < 4.78 is 0. The van der Waals surface area contributed by atoms with Gasteiger partial charge in [0.2, 0.25) is 0 Å². The fourth-order valence-electron chi connectivity index (χ4n) is 2.32. The van der Waals surface area contributed by atoms with E-state index in [1.165, 1.54) is 11.8 Å². The van der Waals surface area contributed by atoms with E-state index in [1.54, 1.807) is 12.1 Å². The van der Waals surface area contributed by atoms with Gasteiger partial charge in [0, 0.05) is 27.7 Å². The molecule has 0 fully saturated rings. The first-order chi connectivity index (χ1) is 9.06. The molecule has 0 saturated heterocycles. The minimum atomic E-state index is -0.924. The maximum atomic E-state index is 12.1. The largest absolute Gasteiger partial charge is 0.478 e. The van der Waals surface area contributed by atoms with E-state index in [-0.39, 0.29) is 17.3 Å². The summed E-state index contributed by atoms with van der Waals surface area (Å²) >= 11 is 1.49. The molecule has 1 N–H and O–H groups in total. The summed E-state index contributed by atoms with van der Waals surface area (Å²) in [6.07, 6.45) is 4.48. The van der Waals surface area contributed by atoms with Crippen LogP contribution in [0.25, 0.3) is 0 Å². The van der Waals surface area contributed by atoms with Crippen LogP contribution in [0.1, 0.15) is 22.8 Å². The lowest BCUT2D eigenvalue weighted by Crippen LogP contribution is -2.20. The SMILES string of the molecule is CC1C=CC2=C(Cc3ccc(C(=O)O)cc3S2)C1=O. The van der Waals surface area contributed by atoms with Crippen molar-refractivity contribution in [2.75, 3.05) is 0 Å². The van der Waals surface area contributed by atoms with Crippen LogP contribution in [-0.4, -0.2) is 16.9 Å². The summed E-state index contributed by atoms with van der Waals surface area (Å²) in [7, 11) is 0. The molecular formula is C15H12O3S. The average molecular weight is 272 g/mol. The Balaban J connectivity index is 2.02. The second kappa shape index (κ2) is 4.38. The molecule has 1 aromatic carbocycles. The Bertz CT molecular complexity index is 655. The molecule has 3 nitrogen and oxygen atoms in total. The van der Waals surface area contributed by atoms with Gasteiger partial charge in [-0.05, 0) is 17.7 Å². The van der Waals surface area contributed by atoms with Gasteiger partial charge < -0.3 is 5.11 Å². The standard InChI is InChI=1S/C15H12O3S/c1-8-2-5-12-11(14(8)16)6-9-3-4-10(15(17)18)7-13(9)19-12/h2-5,7-8H,6H2,1H3,(H,17,18). The van der Waals surface area contributed by atoms with E-state index in [0.29, 0.717) is 6.42 Å². The number of ketones is 1. The lowest BCUT2D eigenvalue weighted by Gasteiger charge is -2.24. The summed E-state index contributed by atoms with van der Waals surface area (Å²) in [6, 6.07) is 5.09. The zero-order chi connectivity index (χ0) is 13.6. The second-order valence-electron chi connectivity index (χ2n) is 4.76. The summed E-state index contributed by atoms with van der Waals surface area (Å²) in [5.74, 6) is -0.802. The van der Waals surface area contributed by atoms with E-state index in [9.17, 15) is 9.59 Å². The highest BCUT2D eigenvalue weighted by atomic mass is 32.2. The molecule has 0 spiro atoms. The molecule has 1 unspecified atom stereocenters. The third-order valence-corrected chi connectivity index (χ3v) is 4.65. The number of benzene rings is 1. The van der Waals surface area contributed by atoms with E-state index >= 15 is 0 Å². The molecule has 1 aliphatic heterocycles. The molecule has 4 heteroatoms.